The van der Waals surface area contributed by atoms with Gasteiger partial charge in [0.15, 0.2) is 23.3 Å². The maximum absolute atomic E-state index is 13.7. The van der Waals surface area contributed by atoms with Gasteiger partial charge in [0.2, 0.25) is 5.95 Å². The monoisotopic (exact) mass is 351 g/mol. The maximum atomic E-state index is 13.7. The highest BCUT2D eigenvalue weighted by Crippen LogP contribution is 2.23. The maximum Gasteiger partial charge on any atom is 0.249 e. The van der Waals surface area contributed by atoms with E-state index in [0.29, 0.717) is 16.5 Å². The molecule has 0 unspecified atom stereocenters. The average molecular weight is 352 g/mol. The molecule has 0 amide bonds. The Morgan fingerprint density at radius 1 is 0.875 bits per heavy atom. The Morgan fingerprint density at radius 2 is 1.62 bits per heavy atom. The van der Waals surface area contributed by atoms with Crippen LogP contribution in [0.5, 0.6) is 0 Å². The van der Waals surface area contributed by atoms with Crippen LogP contribution in [0.1, 0.15) is 0 Å². The Hall–Kier alpha value is -2.87. The third kappa shape index (κ3) is 3.54. The summed E-state index contributed by atoms with van der Waals surface area (Å²) in [4.78, 5) is 4.07. The molecule has 0 radical (unpaired) electrons. The third-order valence-corrected chi connectivity index (χ3v) is 3.21. The second-order valence-electron chi connectivity index (χ2n) is 4.65. The second-order valence-corrected chi connectivity index (χ2v) is 5.08. The molecule has 0 atom stereocenters. The normalized spacial score (nSPS) is 10.5. The van der Waals surface area contributed by atoms with E-state index in [9.17, 15) is 13.2 Å². The van der Waals surface area contributed by atoms with Gasteiger partial charge in [-0.25, -0.2) is 13.2 Å². The third-order valence-electron chi connectivity index (χ3n) is 2.96. The van der Waals surface area contributed by atoms with Gasteiger partial charge in [-0.1, -0.05) is 11.6 Å². The lowest BCUT2D eigenvalue weighted by atomic mass is 10.3. The van der Waals surface area contributed by atoms with Gasteiger partial charge in [-0.2, -0.15) is 10.1 Å². The number of nitrogens with zero attached hydrogens (tertiary/aromatic N) is 3. The van der Waals surface area contributed by atoms with Crippen LogP contribution in [0.4, 0.5) is 36.3 Å². The largest absolute Gasteiger partial charge is 0.339 e. The Balaban J connectivity index is 1.80. The van der Waals surface area contributed by atoms with E-state index in [-0.39, 0.29) is 11.6 Å². The van der Waals surface area contributed by atoms with Gasteiger partial charge >= 0.3 is 0 Å². The molecular weight excluding hydrogens is 343 g/mol. The van der Waals surface area contributed by atoms with E-state index in [1.807, 2.05) is 0 Å². The lowest BCUT2D eigenvalue weighted by Gasteiger charge is -2.09. The second kappa shape index (κ2) is 6.71. The molecular formula is C15H9ClF3N5. The molecule has 1 heterocycles. The van der Waals surface area contributed by atoms with Crippen LogP contribution >= 0.6 is 11.6 Å². The fourth-order valence-electron chi connectivity index (χ4n) is 1.84. The summed E-state index contributed by atoms with van der Waals surface area (Å²) in [5.41, 5.74) is 0.393. The SMILES string of the molecule is Fc1ccc(Nc2nncc(Nc3ccc(Cl)cc3)n2)c(F)c1F. The molecule has 2 N–H and O–H groups in total. The van der Waals surface area contributed by atoms with E-state index in [1.165, 1.54) is 6.20 Å². The zero-order chi connectivity index (χ0) is 17.1. The van der Waals surface area contributed by atoms with E-state index in [1.54, 1.807) is 24.3 Å². The van der Waals surface area contributed by atoms with Crippen molar-refractivity contribution in [2.45, 2.75) is 0 Å². The topological polar surface area (TPSA) is 62.7 Å². The molecule has 0 spiro atoms. The predicted molar refractivity (Wildman–Crippen MR) is 84.2 cm³/mol. The van der Waals surface area contributed by atoms with Crippen LogP contribution in [0.15, 0.2) is 42.6 Å². The summed E-state index contributed by atoms with van der Waals surface area (Å²) in [7, 11) is 0. The molecule has 3 aromatic rings. The van der Waals surface area contributed by atoms with Crippen molar-refractivity contribution in [2.75, 3.05) is 10.6 Å². The first kappa shape index (κ1) is 16.0. The quantitative estimate of drug-likeness (QED) is 0.681. The van der Waals surface area contributed by atoms with Gasteiger partial charge in [0.1, 0.15) is 0 Å². The van der Waals surface area contributed by atoms with E-state index >= 15 is 0 Å². The number of aromatic nitrogens is 3. The van der Waals surface area contributed by atoms with E-state index in [4.69, 9.17) is 11.6 Å². The molecule has 24 heavy (non-hydrogen) atoms. The van der Waals surface area contributed by atoms with Gasteiger partial charge in [-0.15, -0.1) is 5.10 Å². The number of hydrogen-bond acceptors (Lipinski definition) is 5. The minimum atomic E-state index is -1.58. The summed E-state index contributed by atoms with van der Waals surface area (Å²) >= 11 is 5.80. The Labute approximate surface area is 139 Å². The first-order valence-corrected chi connectivity index (χ1v) is 7.03. The van der Waals surface area contributed by atoms with Gasteiger partial charge in [-0.05, 0) is 36.4 Å². The van der Waals surface area contributed by atoms with Crippen LogP contribution < -0.4 is 10.6 Å². The van der Waals surface area contributed by atoms with Crippen molar-refractivity contribution in [3.05, 3.63) is 65.1 Å². The lowest BCUT2D eigenvalue weighted by molar-refractivity contribution is 0.449. The Bertz CT molecular complexity index is 873. The summed E-state index contributed by atoms with van der Waals surface area (Å²) in [6.45, 7) is 0. The Morgan fingerprint density at radius 3 is 2.38 bits per heavy atom. The summed E-state index contributed by atoms with van der Waals surface area (Å²) in [5, 5.41) is 13.4. The lowest BCUT2D eigenvalue weighted by Crippen LogP contribution is -2.05. The molecule has 3 rings (SSSR count). The van der Waals surface area contributed by atoms with Crippen LogP contribution in [-0.4, -0.2) is 15.2 Å². The van der Waals surface area contributed by atoms with Crippen molar-refractivity contribution in [3.8, 4) is 0 Å². The van der Waals surface area contributed by atoms with Crippen LogP contribution in [-0.2, 0) is 0 Å². The molecule has 0 saturated heterocycles. The zero-order valence-electron chi connectivity index (χ0n) is 11.9. The molecule has 0 saturated carbocycles. The number of halogens is 4. The van der Waals surface area contributed by atoms with Crippen LogP contribution in [0.2, 0.25) is 5.02 Å². The van der Waals surface area contributed by atoms with Crippen LogP contribution in [0.25, 0.3) is 0 Å². The number of benzene rings is 2. The summed E-state index contributed by atoms with van der Waals surface area (Å²) < 4.78 is 39.8. The molecule has 2 aromatic carbocycles. The van der Waals surface area contributed by atoms with E-state index in [0.717, 1.165) is 12.1 Å². The molecule has 5 nitrogen and oxygen atoms in total. The van der Waals surface area contributed by atoms with E-state index in [2.05, 4.69) is 25.8 Å². The molecule has 1 aromatic heterocycles. The minimum Gasteiger partial charge on any atom is -0.339 e. The van der Waals surface area contributed by atoms with Crippen molar-refractivity contribution in [2.24, 2.45) is 0 Å². The van der Waals surface area contributed by atoms with Crippen LogP contribution in [0.3, 0.4) is 0 Å². The molecule has 0 bridgehead atoms. The van der Waals surface area contributed by atoms with Gasteiger partial charge in [-0.3, -0.25) is 0 Å². The van der Waals surface area contributed by atoms with Gasteiger partial charge in [0.25, 0.3) is 0 Å². The zero-order valence-corrected chi connectivity index (χ0v) is 12.7. The van der Waals surface area contributed by atoms with Gasteiger partial charge < -0.3 is 10.6 Å². The van der Waals surface area contributed by atoms with Crippen molar-refractivity contribution in [1.82, 2.24) is 15.2 Å². The van der Waals surface area contributed by atoms with Crippen molar-refractivity contribution in [3.63, 3.8) is 0 Å². The summed E-state index contributed by atoms with van der Waals surface area (Å²) in [6.07, 6.45) is 1.35. The van der Waals surface area contributed by atoms with Crippen molar-refractivity contribution >= 4 is 34.7 Å². The number of rotatable bonds is 4. The number of anilines is 4. The molecule has 9 heteroatoms. The predicted octanol–water partition coefficient (Wildman–Crippen LogP) is 4.43. The van der Waals surface area contributed by atoms with Crippen LogP contribution in [0, 0.1) is 17.5 Å². The summed E-state index contributed by atoms with van der Waals surface area (Å²) in [5.74, 6) is -4.00. The molecule has 0 fully saturated rings. The highest BCUT2D eigenvalue weighted by molar-refractivity contribution is 6.30. The first-order chi connectivity index (χ1) is 11.5. The molecule has 122 valence electrons. The van der Waals surface area contributed by atoms with Crippen molar-refractivity contribution < 1.29 is 13.2 Å². The van der Waals surface area contributed by atoms with Gasteiger partial charge in [0.05, 0.1) is 11.9 Å². The first-order valence-electron chi connectivity index (χ1n) is 6.66. The van der Waals surface area contributed by atoms with E-state index < -0.39 is 17.5 Å². The standard InChI is InChI=1S/C15H9ClF3N5/c16-8-1-3-9(4-2-8)21-12-7-20-24-15(23-12)22-11-6-5-10(17)13(18)14(11)19/h1-7H,(H2,21,22,23,24). The number of nitrogens with one attached hydrogen (secondary N) is 2. The Kier molecular flexibility index (Phi) is 4.48. The summed E-state index contributed by atoms with van der Waals surface area (Å²) in [6, 6.07) is 8.67. The minimum absolute atomic E-state index is 0.0844. The van der Waals surface area contributed by atoms with Gasteiger partial charge in [0, 0.05) is 10.7 Å². The van der Waals surface area contributed by atoms with Crippen molar-refractivity contribution in [1.29, 1.82) is 0 Å². The molecule has 0 aliphatic carbocycles. The highest BCUT2D eigenvalue weighted by Gasteiger charge is 2.14. The average Bonchev–Trinajstić information content (AvgIpc) is 2.58. The highest BCUT2D eigenvalue weighted by atomic mass is 35.5. The fourth-order valence-corrected chi connectivity index (χ4v) is 1.97. The smallest absolute Gasteiger partial charge is 0.249 e. The number of hydrogen-bond donors (Lipinski definition) is 2. The molecule has 0 aliphatic heterocycles. The molecule has 0 aliphatic rings. The fraction of sp³-hybridized carbons (Fsp3) is 0.